The number of para-hydroxylation sites is 1. The van der Waals surface area contributed by atoms with E-state index < -0.39 is 6.10 Å². The molecular weight excluding hydrogens is 338 g/mol. The molecule has 0 saturated heterocycles. The zero-order chi connectivity index (χ0) is 18.2. The molecule has 0 aliphatic heterocycles. The summed E-state index contributed by atoms with van der Waals surface area (Å²) in [5.41, 5.74) is 1.03. The first kappa shape index (κ1) is 19.1. The van der Waals surface area contributed by atoms with Gasteiger partial charge in [0.1, 0.15) is 11.5 Å². The highest BCUT2D eigenvalue weighted by Crippen LogP contribution is 2.25. The fourth-order valence-corrected chi connectivity index (χ4v) is 2.72. The van der Waals surface area contributed by atoms with Crippen molar-refractivity contribution >= 4 is 17.5 Å². The highest BCUT2D eigenvalue weighted by atomic mass is 35.5. The molecule has 2 atom stereocenters. The molecule has 4 nitrogen and oxygen atoms in total. The number of amides is 1. The van der Waals surface area contributed by atoms with Crippen LogP contribution in [0.15, 0.2) is 48.5 Å². The van der Waals surface area contributed by atoms with Crippen molar-refractivity contribution in [2.75, 3.05) is 7.11 Å². The van der Waals surface area contributed by atoms with E-state index in [-0.39, 0.29) is 11.9 Å². The van der Waals surface area contributed by atoms with Gasteiger partial charge >= 0.3 is 0 Å². The van der Waals surface area contributed by atoms with E-state index in [2.05, 4.69) is 5.32 Å². The topological polar surface area (TPSA) is 47.6 Å². The predicted octanol–water partition coefficient (Wildman–Crippen LogP) is 4.77. The van der Waals surface area contributed by atoms with Crippen molar-refractivity contribution in [3.8, 4) is 11.5 Å². The number of carbonyl (C=O) groups is 1. The van der Waals surface area contributed by atoms with Crippen molar-refractivity contribution in [3.05, 3.63) is 59.1 Å². The van der Waals surface area contributed by atoms with Crippen molar-refractivity contribution < 1.29 is 14.3 Å². The highest BCUT2D eigenvalue weighted by molar-refractivity contribution is 6.32. The minimum atomic E-state index is -0.591. The molecule has 0 fully saturated rings. The molecule has 1 amide bonds. The smallest absolute Gasteiger partial charge is 0.261 e. The van der Waals surface area contributed by atoms with Gasteiger partial charge in [0.2, 0.25) is 0 Å². The molecule has 0 bridgehead atoms. The van der Waals surface area contributed by atoms with E-state index in [0.717, 1.165) is 17.7 Å². The summed E-state index contributed by atoms with van der Waals surface area (Å²) in [5, 5.41) is 3.56. The molecule has 1 N–H and O–H groups in total. The molecular formula is C20H24ClNO3. The Morgan fingerprint density at radius 3 is 2.32 bits per heavy atom. The maximum absolute atomic E-state index is 12.7. The molecule has 0 radical (unpaired) electrons. The molecule has 0 spiro atoms. The number of hydrogen-bond acceptors (Lipinski definition) is 3. The standard InChI is InChI=1S/C20H24ClNO3/c1-4-17(14-10-12-15(24-3)13-11-14)22-20(23)18(5-2)25-19-9-7-6-8-16(19)21/h6-13,17-18H,4-5H2,1-3H3,(H,22,23)/t17-,18+/m1/s1. The third-order valence-corrected chi connectivity index (χ3v) is 4.32. The molecule has 2 aromatic rings. The molecule has 134 valence electrons. The lowest BCUT2D eigenvalue weighted by Crippen LogP contribution is -2.40. The maximum Gasteiger partial charge on any atom is 0.261 e. The fraction of sp³-hybridized carbons (Fsp3) is 0.350. The van der Waals surface area contributed by atoms with Crippen LogP contribution < -0.4 is 14.8 Å². The van der Waals surface area contributed by atoms with Crippen LogP contribution in [0.2, 0.25) is 5.02 Å². The second kappa shape index (κ2) is 9.33. The molecule has 0 saturated carbocycles. The maximum atomic E-state index is 12.7. The van der Waals surface area contributed by atoms with Gasteiger partial charge in [0, 0.05) is 0 Å². The van der Waals surface area contributed by atoms with Crippen LogP contribution in [-0.2, 0) is 4.79 Å². The molecule has 25 heavy (non-hydrogen) atoms. The van der Waals surface area contributed by atoms with E-state index in [9.17, 15) is 4.79 Å². The van der Waals surface area contributed by atoms with E-state index in [1.807, 2.05) is 50.2 Å². The van der Waals surface area contributed by atoms with Crippen LogP contribution in [0.4, 0.5) is 0 Å². The average Bonchev–Trinajstić information content (AvgIpc) is 2.65. The summed E-state index contributed by atoms with van der Waals surface area (Å²) in [6.45, 7) is 3.94. The molecule has 0 aliphatic rings. The number of carbonyl (C=O) groups excluding carboxylic acids is 1. The number of nitrogens with one attached hydrogen (secondary N) is 1. The van der Waals surface area contributed by atoms with Gasteiger partial charge < -0.3 is 14.8 Å². The van der Waals surface area contributed by atoms with E-state index >= 15 is 0 Å². The Morgan fingerprint density at radius 1 is 1.08 bits per heavy atom. The Balaban J connectivity index is 2.06. The van der Waals surface area contributed by atoms with Gasteiger partial charge in [-0.1, -0.05) is 49.7 Å². The second-order valence-corrected chi connectivity index (χ2v) is 6.09. The monoisotopic (exact) mass is 361 g/mol. The lowest BCUT2D eigenvalue weighted by molar-refractivity contribution is -0.128. The van der Waals surface area contributed by atoms with Gasteiger partial charge in [-0.3, -0.25) is 4.79 Å². The quantitative estimate of drug-likeness (QED) is 0.736. The van der Waals surface area contributed by atoms with Crippen molar-refractivity contribution in [1.82, 2.24) is 5.32 Å². The third kappa shape index (κ3) is 5.13. The molecule has 2 rings (SSSR count). The van der Waals surface area contributed by atoms with Crippen LogP contribution in [0.25, 0.3) is 0 Å². The van der Waals surface area contributed by atoms with Gasteiger partial charge in [-0.25, -0.2) is 0 Å². The van der Waals surface area contributed by atoms with Crippen molar-refractivity contribution in [2.45, 2.75) is 38.8 Å². The second-order valence-electron chi connectivity index (χ2n) is 5.69. The summed E-state index contributed by atoms with van der Waals surface area (Å²) in [5.74, 6) is 1.16. The Bertz CT molecular complexity index is 688. The molecule has 0 unspecified atom stereocenters. The number of rotatable bonds is 8. The Kier molecular flexibility index (Phi) is 7.14. The van der Waals surface area contributed by atoms with Crippen LogP contribution in [-0.4, -0.2) is 19.1 Å². The summed E-state index contributed by atoms with van der Waals surface area (Å²) in [7, 11) is 1.63. The molecule has 5 heteroatoms. The minimum Gasteiger partial charge on any atom is -0.497 e. The number of ether oxygens (including phenoxy) is 2. The van der Waals surface area contributed by atoms with Crippen molar-refractivity contribution in [2.24, 2.45) is 0 Å². The highest BCUT2D eigenvalue weighted by Gasteiger charge is 2.22. The first-order valence-electron chi connectivity index (χ1n) is 8.44. The zero-order valence-corrected chi connectivity index (χ0v) is 15.5. The van der Waals surface area contributed by atoms with Crippen LogP contribution in [0.3, 0.4) is 0 Å². The number of benzene rings is 2. The van der Waals surface area contributed by atoms with Gasteiger partial charge in [-0.15, -0.1) is 0 Å². The van der Waals surface area contributed by atoms with Gasteiger partial charge in [0.15, 0.2) is 6.10 Å². The summed E-state index contributed by atoms with van der Waals surface area (Å²) in [6.07, 6.45) is 0.740. The summed E-state index contributed by atoms with van der Waals surface area (Å²) >= 11 is 6.12. The van der Waals surface area contributed by atoms with Crippen LogP contribution in [0, 0.1) is 0 Å². The van der Waals surface area contributed by atoms with E-state index in [1.54, 1.807) is 19.2 Å². The lowest BCUT2D eigenvalue weighted by Gasteiger charge is -2.23. The molecule has 0 aliphatic carbocycles. The average molecular weight is 362 g/mol. The summed E-state index contributed by atoms with van der Waals surface area (Å²) < 4.78 is 11.0. The first-order chi connectivity index (χ1) is 12.1. The number of halogens is 1. The van der Waals surface area contributed by atoms with Gasteiger partial charge in [-0.2, -0.15) is 0 Å². The number of methoxy groups -OCH3 is 1. The summed E-state index contributed by atoms with van der Waals surface area (Å²) in [4.78, 5) is 12.7. The zero-order valence-electron chi connectivity index (χ0n) is 14.8. The molecule has 0 heterocycles. The SMILES string of the molecule is CC[C@H](Oc1ccccc1Cl)C(=O)N[C@H](CC)c1ccc(OC)cc1. The fourth-order valence-electron chi connectivity index (χ4n) is 2.54. The van der Waals surface area contributed by atoms with Crippen LogP contribution in [0.1, 0.15) is 38.3 Å². The minimum absolute atomic E-state index is 0.0812. The van der Waals surface area contributed by atoms with Gasteiger partial charge in [0.05, 0.1) is 18.2 Å². The van der Waals surface area contributed by atoms with Crippen LogP contribution in [0.5, 0.6) is 11.5 Å². The van der Waals surface area contributed by atoms with Gasteiger partial charge in [0.25, 0.3) is 5.91 Å². The predicted molar refractivity (Wildman–Crippen MR) is 100 cm³/mol. The lowest BCUT2D eigenvalue weighted by atomic mass is 10.0. The van der Waals surface area contributed by atoms with E-state index in [1.165, 1.54) is 0 Å². The third-order valence-electron chi connectivity index (χ3n) is 4.01. The van der Waals surface area contributed by atoms with Crippen molar-refractivity contribution in [1.29, 1.82) is 0 Å². The molecule has 2 aromatic carbocycles. The van der Waals surface area contributed by atoms with Crippen LogP contribution >= 0.6 is 11.6 Å². The Hall–Kier alpha value is -2.20. The molecule has 0 aromatic heterocycles. The largest absolute Gasteiger partial charge is 0.497 e. The van der Waals surface area contributed by atoms with E-state index in [0.29, 0.717) is 17.2 Å². The Morgan fingerprint density at radius 2 is 1.76 bits per heavy atom. The first-order valence-corrected chi connectivity index (χ1v) is 8.82. The number of hydrogen-bond donors (Lipinski definition) is 1. The Labute approximate surface area is 154 Å². The van der Waals surface area contributed by atoms with Crippen molar-refractivity contribution in [3.63, 3.8) is 0 Å². The van der Waals surface area contributed by atoms with Gasteiger partial charge in [-0.05, 0) is 42.7 Å². The van der Waals surface area contributed by atoms with E-state index in [4.69, 9.17) is 21.1 Å². The normalized spacial score (nSPS) is 13.0. The summed E-state index contributed by atoms with van der Waals surface area (Å²) in [6, 6.07) is 14.8.